The molecule has 0 N–H and O–H groups in total. The Hall–Kier alpha value is -2.47. The molecule has 5 nitrogen and oxygen atoms in total. The van der Waals surface area contributed by atoms with Crippen molar-refractivity contribution in [3.05, 3.63) is 52.0 Å². The predicted molar refractivity (Wildman–Crippen MR) is 81.7 cm³/mol. The van der Waals surface area contributed by atoms with Gasteiger partial charge in [0.15, 0.2) is 0 Å². The molecular formula is C15H11N3O2S. The van der Waals surface area contributed by atoms with Crippen molar-refractivity contribution in [2.75, 3.05) is 0 Å². The molecule has 3 aromatic heterocycles. The summed E-state index contributed by atoms with van der Waals surface area (Å²) in [4.78, 5) is 13.1. The molecule has 0 aliphatic heterocycles. The smallest absolute Gasteiger partial charge is 0.345 e. The highest BCUT2D eigenvalue weighted by molar-refractivity contribution is 7.15. The topological polar surface area (TPSA) is 60.4 Å². The van der Waals surface area contributed by atoms with Crippen molar-refractivity contribution in [1.82, 2.24) is 14.6 Å². The molecule has 6 heteroatoms. The molecule has 1 aromatic carbocycles. The Morgan fingerprint density at radius 2 is 2.14 bits per heavy atom. The first kappa shape index (κ1) is 12.3. The number of aromatic nitrogens is 3. The minimum atomic E-state index is -0.343. The zero-order valence-corrected chi connectivity index (χ0v) is 12.1. The average Bonchev–Trinajstić information content (AvgIpc) is 3.08. The maximum absolute atomic E-state index is 12.3. The number of fused-ring (bicyclic) bond motifs is 2. The Labute approximate surface area is 123 Å². The van der Waals surface area contributed by atoms with Gasteiger partial charge < -0.3 is 4.42 Å². The summed E-state index contributed by atoms with van der Waals surface area (Å²) in [6.45, 7) is 2.01. The van der Waals surface area contributed by atoms with Crippen LogP contribution in [-0.4, -0.2) is 14.6 Å². The van der Waals surface area contributed by atoms with E-state index in [1.54, 1.807) is 6.07 Å². The van der Waals surface area contributed by atoms with Crippen LogP contribution in [0.15, 0.2) is 44.9 Å². The molecule has 0 atom stereocenters. The fourth-order valence-corrected chi connectivity index (χ4v) is 3.28. The van der Waals surface area contributed by atoms with Crippen molar-refractivity contribution in [3.63, 3.8) is 0 Å². The first-order chi connectivity index (χ1) is 10.3. The summed E-state index contributed by atoms with van der Waals surface area (Å²) in [5.74, 6) is 0.841. The third kappa shape index (κ3) is 1.80. The molecular weight excluding hydrogens is 286 g/mol. The molecule has 0 aliphatic rings. The Morgan fingerprint density at radius 1 is 1.29 bits per heavy atom. The summed E-state index contributed by atoms with van der Waals surface area (Å²) < 4.78 is 7.33. The standard InChI is InChI=1S/C15H11N3O2S/c1-2-13-16-17-15-18(13)11(8-21-15)10-7-9-5-3-4-6-12(9)20-14(10)19/h3-8H,2H2,1H3. The molecule has 0 bridgehead atoms. The zero-order valence-electron chi connectivity index (χ0n) is 11.2. The van der Waals surface area contributed by atoms with Crippen LogP contribution < -0.4 is 5.63 Å². The van der Waals surface area contributed by atoms with Crippen LogP contribution in [0.5, 0.6) is 0 Å². The number of aryl methyl sites for hydroxylation is 1. The van der Waals surface area contributed by atoms with E-state index in [1.165, 1.54) is 11.3 Å². The van der Waals surface area contributed by atoms with E-state index in [9.17, 15) is 4.79 Å². The molecule has 0 saturated heterocycles. The summed E-state index contributed by atoms with van der Waals surface area (Å²) in [7, 11) is 0. The lowest BCUT2D eigenvalue weighted by Gasteiger charge is -2.02. The number of hydrogen-bond donors (Lipinski definition) is 0. The third-order valence-corrected chi connectivity index (χ3v) is 4.27. The van der Waals surface area contributed by atoms with E-state index < -0.39 is 0 Å². The first-order valence-corrected chi connectivity index (χ1v) is 7.50. The van der Waals surface area contributed by atoms with Gasteiger partial charge in [0.25, 0.3) is 0 Å². The number of para-hydroxylation sites is 1. The van der Waals surface area contributed by atoms with Crippen LogP contribution in [0.25, 0.3) is 27.2 Å². The lowest BCUT2D eigenvalue weighted by molar-refractivity contribution is 0.563. The van der Waals surface area contributed by atoms with Crippen molar-refractivity contribution >= 4 is 27.3 Å². The van der Waals surface area contributed by atoms with Crippen LogP contribution in [0, 0.1) is 0 Å². The SMILES string of the molecule is CCc1nnc2scc(-c3cc4ccccc4oc3=O)n12. The van der Waals surface area contributed by atoms with Gasteiger partial charge in [-0.05, 0) is 12.1 Å². The van der Waals surface area contributed by atoms with E-state index in [2.05, 4.69) is 10.2 Å². The van der Waals surface area contributed by atoms with Gasteiger partial charge in [0.1, 0.15) is 11.4 Å². The molecule has 0 fully saturated rings. The van der Waals surface area contributed by atoms with E-state index in [1.807, 2.05) is 41.0 Å². The van der Waals surface area contributed by atoms with Gasteiger partial charge in [-0.25, -0.2) is 4.79 Å². The first-order valence-electron chi connectivity index (χ1n) is 6.62. The molecule has 104 valence electrons. The van der Waals surface area contributed by atoms with Crippen LogP contribution in [0.3, 0.4) is 0 Å². The minimum absolute atomic E-state index is 0.343. The fourth-order valence-electron chi connectivity index (χ4n) is 2.43. The van der Waals surface area contributed by atoms with Crippen LogP contribution >= 0.6 is 11.3 Å². The van der Waals surface area contributed by atoms with Crippen LogP contribution in [-0.2, 0) is 6.42 Å². The van der Waals surface area contributed by atoms with Crippen molar-refractivity contribution in [2.45, 2.75) is 13.3 Å². The van der Waals surface area contributed by atoms with Gasteiger partial charge in [0.05, 0.1) is 11.3 Å². The number of thiazole rings is 1. The van der Waals surface area contributed by atoms with Crippen molar-refractivity contribution in [2.24, 2.45) is 0 Å². The van der Waals surface area contributed by atoms with Gasteiger partial charge in [-0.1, -0.05) is 25.1 Å². The number of benzene rings is 1. The molecule has 0 amide bonds. The van der Waals surface area contributed by atoms with Crippen LogP contribution in [0.2, 0.25) is 0 Å². The van der Waals surface area contributed by atoms with Crippen molar-refractivity contribution in [1.29, 1.82) is 0 Å². The van der Waals surface area contributed by atoms with Crippen molar-refractivity contribution < 1.29 is 4.42 Å². The number of hydrogen-bond acceptors (Lipinski definition) is 5. The summed E-state index contributed by atoms with van der Waals surface area (Å²) in [6, 6.07) is 9.36. The molecule has 0 saturated carbocycles. The van der Waals surface area contributed by atoms with Gasteiger partial charge in [-0.3, -0.25) is 4.40 Å². The van der Waals surface area contributed by atoms with E-state index in [4.69, 9.17) is 4.42 Å². The Balaban J connectivity index is 2.06. The Kier molecular flexibility index (Phi) is 2.65. The van der Waals surface area contributed by atoms with Gasteiger partial charge in [-0.2, -0.15) is 0 Å². The predicted octanol–water partition coefficient (Wildman–Crippen LogP) is 3.13. The van der Waals surface area contributed by atoms with Gasteiger partial charge in [0.2, 0.25) is 4.96 Å². The summed E-state index contributed by atoms with van der Waals surface area (Å²) >= 11 is 1.47. The van der Waals surface area contributed by atoms with E-state index in [0.717, 1.165) is 28.3 Å². The second-order valence-corrected chi connectivity index (χ2v) is 5.53. The maximum atomic E-state index is 12.3. The van der Waals surface area contributed by atoms with E-state index in [0.29, 0.717) is 11.1 Å². The van der Waals surface area contributed by atoms with Crippen molar-refractivity contribution in [3.8, 4) is 11.3 Å². The second-order valence-electron chi connectivity index (χ2n) is 4.69. The molecule has 0 spiro atoms. The largest absolute Gasteiger partial charge is 0.422 e. The molecule has 0 unspecified atom stereocenters. The minimum Gasteiger partial charge on any atom is -0.422 e. The van der Waals surface area contributed by atoms with E-state index in [-0.39, 0.29) is 5.63 Å². The Morgan fingerprint density at radius 3 is 3.00 bits per heavy atom. The lowest BCUT2D eigenvalue weighted by atomic mass is 10.1. The van der Waals surface area contributed by atoms with Gasteiger partial charge in [-0.15, -0.1) is 21.5 Å². The summed E-state index contributed by atoms with van der Waals surface area (Å²) in [5.41, 5.74) is 1.58. The third-order valence-electron chi connectivity index (χ3n) is 3.45. The molecule has 4 rings (SSSR count). The highest BCUT2D eigenvalue weighted by atomic mass is 32.1. The average molecular weight is 297 g/mol. The van der Waals surface area contributed by atoms with Crippen LogP contribution in [0.4, 0.5) is 0 Å². The highest BCUT2D eigenvalue weighted by Gasteiger charge is 2.16. The summed E-state index contributed by atoms with van der Waals surface area (Å²) in [6.07, 6.45) is 0.754. The monoisotopic (exact) mass is 297 g/mol. The number of rotatable bonds is 2. The fraction of sp³-hybridized carbons (Fsp3) is 0.133. The molecule has 0 aliphatic carbocycles. The molecule has 21 heavy (non-hydrogen) atoms. The Bertz CT molecular complexity index is 1010. The normalized spacial score (nSPS) is 11.5. The van der Waals surface area contributed by atoms with Gasteiger partial charge in [0, 0.05) is 17.2 Å². The zero-order chi connectivity index (χ0) is 14.4. The lowest BCUT2D eigenvalue weighted by Crippen LogP contribution is -2.05. The molecule has 4 aromatic rings. The van der Waals surface area contributed by atoms with E-state index >= 15 is 0 Å². The van der Waals surface area contributed by atoms with Crippen LogP contribution in [0.1, 0.15) is 12.7 Å². The quantitative estimate of drug-likeness (QED) is 0.533. The molecule has 0 radical (unpaired) electrons. The van der Waals surface area contributed by atoms with Gasteiger partial charge >= 0.3 is 5.63 Å². The number of nitrogens with zero attached hydrogens (tertiary/aromatic N) is 3. The summed E-state index contributed by atoms with van der Waals surface area (Å²) in [5, 5.41) is 11.1. The molecule has 3 heterocycles. The highest BCUT2D eigenvalue weighted by Crippen LogP contribution is 2.26. The maximum Gasteiger partial charge on any atom is 0.345 e. The second kappa shape index (κ2) is 4.53.